The van der Waals surface area contributed by atoms with Crippen molar-refractivity contribution in [3.63, 3.8) is 0 Å². The van der Waals surface area contributed by atoms with E-state index in [0.717, 1.165) is 5.56 Å². The zero-order valence-corrected chi connectivity index (χ0v) is 13.4. The number of aromatic nitrogens is 5. The first-order valence-corrected chi connectivity index (χ1v) is 8.25. The molecule has 4 heterocycles. The zero-order valence-electron chi connectivity index (χ0n) is 13.4. The molecular weight excluding hydrogens is 339 g/mol. The van der Waals surface area contributed by atoms with Crippen molar-refractivity contribution in [2.45, 2.75) is 24.6 Å². The monoisotopic (exact) mass is 352 g/mol. The lowest BCUT2D eigenvalue weighted by atomic mass is 10.1. The third-order valence-electron chi connectivity index (χ3n) is 5.05. The van der Waals surface area contributed by atoms with Gasteiger partial charge in [-0.2, -0.15) is 9.51 Å². The number of hydrogen-bond acceptors (Lipinski definition) is 7. The third kappa shape index (κ3) is 1.66. The molecular formula is C16H13FN8O. The van der Waals surface area contributed by atoms with E-state index >= 15 is 0 Å². The zero-order chi connectivity index (χ0) is 17.5. The Kier molecular flexibility index (Phi) is 2.40. The van der Waals surface area contributed by atoms with Crippen LogP contribution >= 0.6 is 0 Å². The van der Waals surface area contributed by atoms with Crippen molar-refractivity contribution < 1.29 is 9.50 Å². The molecule has 0 spiro atoms. The predicted octanol–water partition coefficient (Wildman–Crippen LogP) is 0.998. The highest BCUT2D eigenvalue weighted by Gasteiger charge is 2.46. The molecule has 0 bridgehead atoms. The van der Waals surface area contributed by atoms with E-state index in [9.17, 15) is 9.50 Å². The van der Waals surface area contributed by atoms with Crippen LogP contribution in [-0.4, -0.2) is 36.1 Å². The first kappa shape index (κ1) is 14.0. The van der Waals surface area contributed by atoms with Crippen LogP contribution in [0.25, 0.3) is 5.69 Å². The highest BCUT2D eigenvalue weighted by Crippen LogP contribution is 2.45. The number of benzene rings is 1. The van der Waals surface area contributed by atoms with Gasteiger partial charge in [0, 0.05) is 5.56 Å². The van der Waals surface area contributed by atoms with E-state index in [1.807, 2.05) is 24.3 Å². The molecule has 9 nitrogen and oxygen atoms in total. The largest absolute Gasteiger partial charge is 0.383 e. The fourth-order valence-corrected chi connectivity index (χ4v) is 3.51. The lowest BCUT2D eigenvalue weighted by Crippen LogP contribution is -2.49. The van der Waals surface area contributed by atoms with Crippen molar-refractivity contribution in [1.82, 2.24) is 24.7 Å². The van der Waals surface area contributed by atoms with Crippen molar-refractivity contribution in [2.75, 3.05) is 10.1 Å². The summed E-state index contributed by atoms with van der Waals surface area (Å²) in [5, 5.41) is 21.8. The summed E-state index contributed by atoms with van der Waals surface area (Å²) in [6.07, 6.45) is 5.15. The summed E-state index contributed by atoms with van der Waals surface area (Å²) in [4.78, 5) is 9.88. The van der Waals surface area contributed by atoms with Gasteiger partial charge in [0.2, 0.25) is 0 Å². The number of aliphatic imine (C=N–C) groups is 1. The maximum atomic E-state index is 14.4. The molecule has 10 heteroatoms. The van der Waals surface area contributed by atoms with Gasteiger partial charge in [-0.05, 0) is 24.1 Å². The molecule has 2 aliphatic heterocycles. The quantitative estimate of drug-likeness (QED) is 0.740. The molecule has 3 aliphatic rings. The Labute approximate surface area is 146 Å². The molecule has 1 N–H and O–H groups in total. The first-order chi connectivity index (χ1) is 12.7. The van der Waals surface area contributed by atoms with Gasteiger partial charge in [0.15, 0.2) is 12.0 Å². The average molecular weight is 352 g/mol. The van der Waals surface area contributed by atoms with Crippen LogP contribution in [0.1, 0.15) is 30.3 Å². The topological polar surface area (TPSA) is 87.6 Å². The van der Waals surface area contributed by atoms with Gasteiger partial charge in [-0.3, -0.25) is 4.57 Å². The summed E-state index contributed by atoms with van der Waals surface area (Å²) in [6.45, 7) is 0. The highest BCUT2D eigenvalue weighted by molar-refractivity contribution is 5.78. The molecule has 1 aromatic carbocycles. The molecule has 0 saturated heterocycles. The predicted molar refractivity (Wildman–Crippen MR) is 88.6 cm³/mol. The third-order valence-corrected chi connectivity index (χ3v) is 5.05. The molecule has 3 aromatic rings. The molecule has 130 valence electrons. The van der Waals surface area contributed by atoms with Crippen LogP contribution in [0.4, 0.5) is 10.2 Å². The maximum Gasteiger partial charge on any atom is 0.295 e. The van der Waals surface area contributed by atoms with E-state index in [-0.39, 0.29) is 6.17 Å². The second-order valence-corrected chi connectivity index (χ2v) is 6.64. The fourth-order valence-electron chi connectivity index (χ4n) is 3.51. The number of anilines is 1. The van der Waals surface area contributed by atoms with E-state index < -0.39 is 11.7 Å². The van der Waals surface area contributed by atoms with Crippen molar-refractivity contribution in [3.8, 4) is 5.69 Å². The molecule has 1 aliphatic carbocycles. The smallest absolute Gasteiger partial charge is 0.295 e. The Morgan fingerprint density at radius 2 is 2.08 bits per heavy atom. The van der Waals surface area contributed by atoms with Gasteiger partial charge in [0.25, 0.3) is 6.08 Å². The van der Waals surface area contributed by atoms with Crippen LogP contribution in [0.15, 0.2) is 41.7 Å². The number of nitrogens with zero attached hydrogens (tertiary/aromatic N) is 8. The Morgan fingerprint density at radius 1 is 1.23 bits per heavy atom. The minimum atomic E-state index is -0.878. The van der Waals surface area contributed by atoms with Gasteiger partial charge >= 0.3 is 0 Å². The average Bonchev–Trinajstić information content (AvgIpc) is 3.06. The molecule has 0 amide bonds. The molecule has 26 heavy (non-hydrogen) atoms. The summed E-state index contributed by atoms with van der Waals surface area (Å²) >= 11 is 0. The van der Waals surface area contributed by atoms with Crippen molar-refractivity contribution in [1.29, 1.82) is 0 Å². The van der Waals surface area contributed by atoms with Crippen molar-refractivity contribution >= 4 is 12.2 Å². The fraction of sp³-hybridized carbons (Fsp3) is 0.250. The normalized spacial score (nSPS) is 21.5. The van der Waals surface area contributed by atoms with E-state index in [4.69, 9.17) is 0 Å². The number of aliphatic hydroxyl groups is 1. The van der Waals surface area contributed by atoms with Gasteiger partial charge in [0.1, 0.15) is 17.6 Å². The van der Waals surface area contributed by atoms with Gasteiger partial charge in [-0.25, -0.2) is 15.0 Å². The molecule has 0 radical (unpaired) electrons. The minimum Gasteiger partial charge on any atom is -0.383 e. The van der Waals surface area contributed by atoms with E-state index in [0.29, 0.717) is 30.0 Å². The molecule has 6 rings (SSSR count). The van der Waals surface area contributed by atoms with E-state index in [2.05, 4.69) is 20.3 Å². The standard InChI is InChI=1S/C16H13FN8O/c17-15-18-7-13-24(15)11-4-2-1-3-10(11)14-19-9-23(25(13)14)22-8-12(20-21-22)16(26)5-6-16/h1-4,7-9,14,26H,5-6H2. The molecule has 1 atom stereocenters. The summed E-state index contributed by atoms with van der Waals surface area (Å²) in [6, 6.07) is 7.50. The lowest BCUT2D eigenvalue weighted by Gasteiger charge is -2.36. The number of fused-ring (bicyclic) bond motifs is 6. The Hall–Kier alpha value is -3.27. The van der Waals surface area contributed by atoms with Crippen LogP contribution in [0, 0.1) is 6.08 Å². The number of rotatable bonds is 2. The Morgan fingerprint density at radius 3 is 2.92 bits per heavy atom. The summed E-state index contributed by atoms with van der Waals surface area (Å²) in [7, 11) is 0. The SMILES string of the molecule is OC1(c2cn(N3C=NC4c5ccccc5-n5c(cnc5F)N43)nn2)CC1. The summed E-state index contributed by atoms with van der Waals surface area (Å²) in [5.41, 5.74) is 1.21. The Bertz CT molecular complexity index is 1070. The van der Waals surface area contributed by atoms with Crippen LogP contribution < -0.4 is 10.1 Å². The molecule has 1 fully saturated rings. The highest BCUT2D eigenvalue weighted by atomic mass is 19.1. The van der Waals surface area contributed by atoms with E-state index in [1.165, 1.54) is 15.6 Å². The Balaban J connectivity index is 1.49. The van der Waals surface area contributed by atoms with Crippen LogP contribution in [0.5, 0.6) is 0 Å². The van der Waals surface area contributed by atoms with Crippen molar-refractivity contribution in [2.24, 2.45) is 4.99 Å². The lowest BCUT2D eigenvalue weighted by molar-refractivity contribution is 0.146. The van der Waals surface area contributed by atoms with Gasteiger partial charge in [-0.1, -0.05) is 18.2 Å². The molecule has 1 unspecified atom stereocenters. The first-order valence-electron chi connectivity index (χ1n) is 8.25. The summed E-state index contributed by atoms with van der Waals surface area (Å²) < 4.78 is 15.8. The number of halogens is 1. The maximum absolute atomic E-state index is 14.4. The van der Waals surface area contributed by atoms with E-state index in [1.54, 1.807) is 22.7 Å². The van der Waals surface area contributed by atoms with Gasteiger partial charge < -0.3 is 5.11 Å². The second kappa shape index (κ2) is 4.47. The molecule has 1 saturated carbocycles. The van der Waals surface area contributed by atoms with Crippen LogP contribution in [-0.2, 0) is 5.60 Å². The minimum absolute atomic E-state index is 0.355. The number of imidazole rings is 1. The van der Waals surface area contributed by atoms with Gasteiger partial charge in [0.05, 0.1) is 18.1 Å². The number of para-hydroxylation sites is 1. The van der Waals surface area contributed by atoms with Crippen molar-refractivity contribution in [3.05, 3.63) is 54.0 Å². The summed E-state index contributed by atoms with van der Waals surface area (Å²) in [5.74, 6) is 0.533. The number of hydrogen-bond donors (Lipinski definition) is 1. The van der Waals surface area contributed by atoms with Gasteiger partial charge in [-0.15, -0.1) is 9.89 Å². The van der Waals surface area contributed by atoms with Crippen LogP contribution in [0.3, 0.4) is 0 Å². The van der Waals surface area contributed by atoms with Crippen LogP contribution in [0.2, 0.25) is 0 Å². The number of hydrazine groups is 1. The molecule has 2 aromatic heterocycles. The second-order valence-electron chi connectivity index (χ2n) is 6.64.